The molecule has 0 radical (unpaired) electrons. The SMILES string of the molecule is c1ccc(-c2ccc(N(c3ccc(-c4ccccc4)cc3)c3ccc4c5ccccc5n(-c5nc6ccccc6c6nc7ccccc7n56)c4c3)cc2)cc1. The summed E-state index contributed by atoms with van der Waals surface area (Å²) in [4.78, 5) is 12.9. The molecule has 11 rings (SSSR count). The molecule has 0 bridgehead atoms. The fourth-order valence-electron chi connectivity index (χ4n) is 8.10. The first-order chi connectivity index (χ1) is 27.3. The third kappa shape index (κ3) is 5.09. The van der Waals surface area contributed by atoms with Crippen LogP contribution in [0.2, 0.25) is 0 Å². The Kier molecular flexibility index (Phi) is 7.10. The van der Waals surface area contributed by atoms with Crippen LogP contribution >= 0.6 is 0 Å². The molecule has 5 nitrogen and oxygen atoms in total. The second-order valence-electron chi connectivity index (χ2n) is 13.9. The zero-order valence-electron chi connectivity index (χ0n) is 29.8. The lowest BCUT2D eigenvalue weighted by atomic mass is 10.0. The van der Waals surface area contributed by atoms with E-state index in [9.17, 15) is 0 Å². The van der Waals surface area contributed by atoms with Gasteiger partial charge in [-0.3, -0.25) is 8.97 Å². The first-order valence-electron chi connectivity index (χ1n) is 18.6. The molecule has 0 saturated heterocycles. The van der Waals surface area contributed by atoms with E-state index in [2.05, 4.69) is 202 Å². The average Bonchev–Trinajstić information content (AvgIpc) is 3.81. The van der Waals surface area contributed by atoms with Crippen molar-refractivity contribution in [2.45, 2.75) is 0 Å². The van der Waals surface area contributed by atoms with Gasteiger partial charge in [0, 0.05) is 33.2 Å². The van der Waals surface area contributed by atoms with Crippen LogP contribution in [0.5, 0.6) is 0 Å². The first-order valence-corrected chi connectivity index (χ1v) is 18.6. The van der Waals surface area contributed by atoms with Crippen LogP contribution < -0.4 is 4.90 Å². The number of hydrogen-bond donors (Lipinski definition) is 0. The molecule has 55 heavy (non-hydrogen) atoms. The van der Waals surface area contributed by atoms with Gasteiger partial charge < -0.3 is 4.90 Å². The van der Waals surface area contributed by atoms with Crippen molar-refractivity contribution in [1.82, 2.24) is 18.9 Å². The Morgan fingerprint density at radius 3 is 1.49 bits per heavy atom. The molecule has 0 atom stereocenters. The quantitative estimate of drug-likeness (QED) is 0.173. The van der Waals surface area contributed by atoms with Gasteiger partial charge in [0.2, 0.25) is 5.95 Å². The van der Waals surface area contributed by atoms with Crippen molar-refractivity contribution in [3.8, 4) is 28.2 Å². The van der Waals surface area contributed by atoms with Gasteiger partial charge in [-0.15, -0.1) is 0 Å². The van der Waals surface area contributed by atoms with E-state index in [4.69, 9.17) is 9.97 Å². The van der Waals surface area contributed by atoms with E-state index in [1.165, 1.54) is 27.6 Å². The largest absolute Gasteiger partial charge is 0.310 e. The highest BCUT2D eigenvalue weighted by Gasteiger charge is 2.22. The molecule has 8 aromatic carbocycles. The lowest BCUT2D eigenvalue weighted by Crippen LogP contribution is -2.10. The molecule has 0 unspecified atom stereocenters. The lowest BCUT2D eigenvalue weighted by Gasteiger charge is -2.26. The molecule has 11 aromatic rings. The normalized spacial score (nSPS) is 11.6. The lowest BCUT2D eigenvalue weighted by molar-refractivity contribution is 0.979. The van der Waals surface area contributed by atoms with Gasteiger partial charge in [0.05, 0.1) is 27.6 Å². The monoisotopic (exact) mass is 703 g/mol. The Morgan fingerprint density at radius 1 is 0.345 bits per heavy atom. The van der Waals surface area contributed by atoms with Crippen LogP contribution in [-0.2, 0) is 0 Å². The third-order valence-electron chi connectivity index (χ3n) is 10.7. The van der Waals surface area contributed by atoms with Crippen LogP contribution in [0.1, 0.15) is 0 Å². The van der Waals surface area contributed by atoms with E-state index in [1.807, 2.05) is 12.1 Å². The number of fused-ring (bicyclic) bond motifs is 8. The van der Waals surface area contributed by atoms with Gasteiger partial charge in [-0.25, -0.2) is 9.97 Å². The zero-order valence-corrected chi connectivity index (χ0v) is 29.8. The third-order valence-corrected chi connectivity index (χ3v) is 10.7. The van der Waals surface area contributed by atoms with Crippen LogP contribution in [0.15, 0.2) is 200 Å². The van der Waals surface area contributed by atoms with Crippen LogP contribution in [0.25, 0.3) is 77.6 Å². The minimum atomic E-state index is 0.803. The molecule has 5 heteroatoms. The highest BCUT2D eigenvalue weighted by molar-refractivity contribution is 6.10. The highest BCUT2D eigenvalue weighted by Crippen LogP contribution is 2.41. The molecular formula is C50H33N5. The molecule has 0 spiro atoms. The second-order valence-corrected chi connectivity index (χ2v) is 13.9. The van der Waals surface area contributed by atoms with E-state index < -0.39 is 0 Å². The number of para-hydroxylation sites is 4. The maximum atomic E-state index is 5.41. The van der Waals surface area contributed by atoms with Crippen LogP contribution in [0, 0.1) is 0 Å². The Hall–Kier alpha value is -7.50. The van der Waals surface area contributed by atoms with Gasteiger partial charge in [0.15, 0.2) is 0 Å². The van der Waals surface area contributed by atoms with Crippen molar-refractivity contribution in [2.75, 3.05) is 4.90 Å². The minimum absolute atomic E-state index is 0.803. The molecule has 3 heterocycles. The van der Waals surface area contributed by atoms with Crippen LogP contribution in [-0.4, -0.2) is 18.9 Å². The Labute approximate surface area is 317 Å². The highest BCUT2D eigenvalue weighted by atomic mass is 15.2. The molecule has 258 valence electrons. The van der Waals surface area contributed by atoms with E-state index in [0.29, 0.717) is 0 Å². The summed E-state index contributed by atoms with van der Waals surface area (Å²) in [5, 5.41) is 3.35. The van der Waals surface area contributed by atoms with Crippen molar-refractivity contribution in [3.05, 3.63) is 200 Å². The Bertz CT molecular complexity index is 3100. The van der Waals surface area contributed by atoms with Crippen molar-refractivity contribution in [1.29, 1.82) is 0 Å². The number of rotatable bonds is 6. The summed E-state index contributed by atoms with van der Waals surface area (Å²) < 4.78 is 4.54. The minimum Gasteiger partial charge on any atom is -0.310 e. The fraction of sp³-hybridized carbons (Fsp3) is 0. The van der Waals surface area contributed by atoms with Gasteiger partial charge in [0.25, 0.3) is 0 Å². The molecule has 0 aliphatic carbocycles. The zero-order chi connectivity index (χ0) is 36.3. The smallest absolute Gasteiger partial charge is 0.221 e. The standard InChI is InChI=1S/C50H33N5/c1-3-13-34(14-4-1)36-23-27-38(28-24-36)53(39-29-25-37(26-30-39)35-15-5-2-6-16-35)40-31-32-42-41-17-8-11-21-46(41)54(48(42)33-40)50-52-44-19-9-7-18-43(44)49-51-45-20-10-12-22-47(45)55(49)50/h1-33H. The first kappa shape index (κ1) is 31.1. The molecule has 0 aliphatic rings. The topological polar surface area (TPSA) is 38.4 Å². The predicted molar refractivity (Wildman–Crippen MR) is 228 cm³/mol. The summed E-state index contributed by atoms with van der Waals surface area (Å²) in [5.74, 6) is 0.803. The number of hydrogen-bond acceptors (Lipinski definition) is 3. The summed E-state index contributed by atoms with van der Waals surface area (Å²) >= 11 is 0. The molecule has 0 amide bonds. The Morgan fingerprint density at radius 2 is 0.836 bits per heavy atom. The number of benzene rings is 8. The van der Waals surface area contributed by atoms with Crippen molar-refractivity contribution >= 4 is 66.5 Å². The van der Waals surface area contributed by atoms with E-state index in [1.54, 1.807) is 0 Å². The van der Waals surface area contributed by atoms with E-state index in [-0.39, 0.29) is 0 Å². The van der Waals surface area contributed by atoms with Gasteiger partial charge in [-0.2, -0.15) is 0 Å². The average molecular weight is 704 g/mol. The molecule has 0 saturated carbocycles. The Balaban J connectivity index is 1.16. The molecule has 0 N–H and O–H groups in total. The predicted octanol–water partition coefficient (Wildman–Crippen LogP) is 12.9. The summed E-state index contributed by atoms with van der Waals surface area (Å²) in [6.07, 6.45) is 0. The van der Waals surface area contributed by atoms with Crippen molar-refractivity contribution < 1.29 is 0 Å². The van der Waals surface area contributed by atoms with Gasteiger partial charge in [-0.1, -0.05) is 133 Å². The summed E-state index contributed by atoms with van der Waals surface area (Å²) in [6, 6.07) is 70.9. The number of anilines is 3. The summed E-state index contributed by atoms with van der Waals surface area (Å²) in [7, 11) is 0. The maximum absolute atomic E-state index is 5.41. The molecular weight excluding hydrogens is 671 g/mol. The molecule has 3 aromatic heterocycles. The summed E-state index contributed by atoms with van der Waals surface area (Å²) in [5.41, 5.74) is 13.8. The maximum Gasteiger partial charge on any atom is 0.221 e. The van der Waals surface area contributed by atoms with Gasteiger partial charge in [-0.05, 0) is 89.0 Å². The summed E-state index contributed by atoms with van der Waals surface area (Å²) in [6.45, 7) is 0. The van der Waals surface area contributed by atoms with Crippen molar-refractivity contribution in [2.24, 2.45) is 0 Å². The van der Waals surface area contributed by atoms with Crippen LogP contribution in [0.4, 0.5) is 17.1 Å². The molecule has 0 aliphatic heterocycles. The number of imidazole rings is 1. The second kappa shape index (κ2) is 12.6. The molecule has 0 fully saturated rings. The van der Waals surface area contributed by atoms with Gasteiger partial charge in [0.1, 0.15) is 5.65 Å². The van der Waals surface area contributed by atoms with E-state index >= 15 is 0 Å². The van der Waals surface area contributed by atoms with Gasteiger partial charge >= 0.3 is 0 Å². The van der Waals surface area contributed by atoms with E-state index in [0.717, 1.165) is 67.0 Å². The van der Waals surface area contributed by atoms with Crippen LogP contribution in [0.3, 0.4) is 0 Å². The van der Waals surface area contributed by atoms with Crippen molar-refractivity contribution in [3.63, 3.8) is 0 Å². The fourth-order valence-corrected chi connectivity index (χ4v) is 8.10. The number of nitrogens with zero attached hydrogens (tertiary/aromatic N) is 5. The number of aromatic nitrogens is 4.